The molecule has 4 aliphatic rings. The van der Waals surface area contributed by atoms with Gasteiger partial charge in [-0.3, -0.25) is 38.4 Å². The monoisotopic (exact) mass is 1740 g/mol. The molecule has 39 heteroatoms. The summed E-state index contributed by atoms with van der Waals surface area (Å²) in [7, 11) is 15.6. The summed E-state index contributed by atoms with van der Waals surface area (Å²) in [5.74, 6) is -1.65. The van der Waals surface area contributed by atoms with Crippen molar-refractivity contribution in [3.63, 3.8) is 0 Å². The highest BCUT2D eigenvalue weighted by Crippen LogP contribution is 2.29. The van der Waals surface area contributed by atoms with Crippen LogP contribution in [0.25, 0.3) is 0 Å². The molecule has 4 fully saturated rings. The standard InChI is InChI=1S/C82H153N11O28/c1-103-50-57-48-58(94)49-93(57)69(102)32-18-16-14-12-11-13-15-17-31-68(101)92-82(54-113-45-33-65(98)89-39-25-36-86-62(95)28-19-22-42-116-79-70(83)76(110-8)73(107-5)59(119-79)51-104-2,55-114-46-34-66(99)90-40-26-37-87-63(96)29-20-23-43-117-80-71(84)77(111-9)74(108-6)60(120-80)52-105-3)56-115-47-35-67(100)91-41-27-38-88-64(97)30-21-24-44-118-81-72(85)78(112-10)75(109-7)61(121-81)53-106-4/h57-61,70-81,94H,11-56,83-85H2,1-10H3,(H,86,95)(H,87,96)(H,88,97)(H,89,98)(H,90,99)(H,91,100)(H,92,101)/t57-,58+,59?,60?,61?,70?,71?,72?,73?,74?,75?,76?,77?,78?,79?,80?,81?,82?/m0/s1. The highest BCUT2D eigenvalue weighted by molar-refractivity contribution is 5.79. The van der Waals surface area contributed by atoms with E-state index in [-0.39, 0.29) is 177 Å². The first kappa shape index (κ1) is 108. The summed E-state index contributed by atoms with van der Waals surface area (Å²) in [6.45, 7) is 3.47. The van der Waals surface area contributed by atoms with Crippen LogP contribution in [0.3, 0.4) is 0 Å². The quantitative estimate of drug-likeness (QED) is 0.0362. The van der Waals surface area contributed by atoms with E-state index in [0.717, 1.165) is 44.9 Å². The number of unbranched alkanes of at least 4 members (excludes halogenated alkanes) is 10. The number of nitrogens with zero attached hydrogens (tertiary/aromatic N) is 1. The number of carbonyl (C=O) groups excluding carboxylic acids is 8. The summed E-state index contributed by atoms with van der Waals surface area (Å²) >= 11 is 0. The Labute approximate surface area is 716 Å². The van der Waals surface area contributed by atoms with Crippen molar-refractivity contribution in [1.82, 2.24) is 42.1 Å². The smallest absolute Gasteiger partial charge is 0.222 e. The number of nitrogens with one attached hydrogen (secondary N) is 7. The maximum absolute atomic E-state index is 14.1. The van der Waals surface area contributed by atoms with Crippen molar-refractivity contribution in [2.75, 3.05) is 203 Å². The van der Waals surface area contributed by atoms with Gasteiger partial charge in [0.05, 0.1) is 96.3 Å². The van der Waals surface area contributed by atoms with E-state index < -0.39 is 104 Å². The fourth-order valence-electron chi connectivity index (χ4n) is 15.0. The second kappa shape index (κ2) is 65.4. The molecule has 0 aromatic heterocycles. The molecule has 4 aliphatic heterocycles. The third-order valence-electron chi connectivity index (χ3n) is 21.5. The Kier molecular flexibility index (Phi) is 58.5. The van der Waals surface area contributed by atoms with Crippen LogP contribution in [0.2, 0.25) is 0 Å². The Morgan fingerprint density at radius 3 is 0.934 bits per heavy atom. The number of aliphatic hydroxyl groups is 1. The second-order valence-corrected chi connectivity index (χ2v) is 31.2. The van der Waals surface area contributed by atoms with Gasteiger partial charge < -0.3 is 154 Å². The van der Waals surface area contributed by atoms with Crippen LogP contribution in [0.4, 0.5) is 0 Å². The molecule has 14 N–H and O–H groups in total. The van der Waals surface area contributed by atoms with Crippen molar-refractivity contribution in [3.8, 4) is 0 Å². The van der Waals surface area contributed by atoms with E-state index in [2.05, 4.69) is 37.2 Å². The first-order valence-electron chi connectivity index (χ1n) is 43.4. The molecular weight excluding hydrogens is 1590 g/mol. The molecule has 0 bridgehead atoms. The van der Waals surface area contributed by atoms with Gasteiger partial charge in [-0.05, 0) is 77.0 Å². The summed E-state index contributed by atoms with van der Waals surface area (Å²) in [6.07, 6.45) is 6.38. The number of hydrogen-bond donors (Lipinski definition) is 11. The third-order valence-corrected chi connectivity index (χ3v) is 21.5. The summed E-state index contributed by atoms with van der Waals surface area (Å²) < 4.78 is 109. The minimum atomic E-state index is -1.37. The molecule has 15 unspecified atom stereocenters. The number of methoxy groups -OCH3 is 10. The predicted molar refractivity (Wildman–Crippen MR) is 443 cm³/mol. The van der Waals surface area contributed by atoms with E-state index in [4.69, 9.17) is 107 Å². The number of likely N-dealkylation sites (tertiary alicyclic amines) is 1. The van der Waals surface area contributed by atoms with Gasteiger partial charge in [0.15, 0.2) is 18.9 Å². The molecule has 4 rings (SSSR count). The molecule has 4 heterocycles. The lowest BCUT2D eigenvalue weighted by atomic mass is 9.97. The molecule has 0 aliphatic carbocycles. The first-order valence-corrected chi connectivity index (χ1v) is 43.4. The largest absolute Gasteiger partial charge is 0.391 e. The van der Waals surface area contributed by atoms with E-state index in [1.807, 2.05) is 0 Å². The van der Waals surface area contributed by atoms with Crippen molar-refractivity contribution in [2.24, 2.45) is 17.2 Å². The molecule has 0 aromatic rings. The lowest BCUT2D eigenvalue weighted by Gasteiger charge is -2.43. The maximum Gasteiger partial charge on any atom is 0.222 e. The summed E-state index contributed by atoms with van der Waals surface area (Å²) in [4.78, 5) is 107. The molecular formula is C82H153N11O28. The average molecular weight is 1740 g/mol. The normalized spacial score (nSPS) is 25.3. The summed E-state index contributed by atoms with van der Waals surface area (Å²) in [5.41, 5.74) is 17.9. The third kappa shape index (κ3) is 42.8. The molecule has 17 atom stereocenters. The van der Waals surface area contributed by atoms with Crippen molar-refractivity contribution >= 4 is 47.3 Å². The minimum Gasteiger partial charge on any atom is -0.391 e. The Hall–Kier alpha value is -5.16. The van der Waals surface area contributed by atoms with Crippen LogP contribution in [-0.4, -0.2) is 370 Å². The number of ether oxygens (including phenoxy) is 19. The minimum absolute atomic E-state index is 0.0366. The molecule has 0 aromatic carbocycles. The van der Waals surface area contributed by atoms with Crippen LogP contribution in [0, 0.1) is 0 Å². The zero-order valence-electron chi connectivity index (χ0n) is 74.0. The van der Waals surface area contributed by atoms with Crippen molar-refractivity contribution in [2.45, 2.75) is 277 Å². The zero-order chi connectivity index (χ0) is 88.4. The molecule has 0 saturated carbocycles. The van der Waals surface area contributed by atoms with E-state index >= 15 is 0 Å². The van der Waals surface area contributed by atoms with E-state index in [1.54, 1.807) is 76.0 Å². The molecule has 0 spiro atoms. The zero-order valence-corrected chi connectivity index (χ0v) is 74.0. The Balaban J connectivity index is 1.29. The van der Waals surface area contributed by atoms with Crippen molar-refractivity contribution in [3.05, 3.63) is 0 Å². The number of amides is 8. The molecule has 121 heavy (non-hydrogen) atoms. The number of aliphatic hydroxyl groups excluding tert-OH is 1. The number of rotatable bonds is 71. The lowest BCUT2D eigenvalue weighted by Crippen LogP contribution is -2.63. The van der Waals surface area contributed by atoms with Gasteiger partial charge in [-0.15, -0.1) is 0 Å². The fourth-order valence-corrected chi connectivity index (χ4v) is 15.0. The van der Waals surface area contributed by atoms with Gasteiger partial charge in [-0.2, -0.15) is 0 Å². The van der Waals surface area contributed by atoms with Gasteiger partial charge in [0.1, 0.15) is 60.5 Å². The van der Waals surface area contributed by atoms with Gasteiger partial charge in [0.2, 0.25) is 47.3 Å². The van der Waals surface area contributed by atoms with Gasteiger partial charge in [-0.1, -0.05) is 38.5 Å². The molecule has 8 amide bonds. The lowest BCUT2D eigenvalue weighted by molar-refractivity contribution is -0.275. The number of hydrogen-bond acceptors (Lipinski definition) is 31. The summed E-state index contributed by atoms with van der Waals surface area (Å²) in [5, 5.41) is 30.5. The second-order valence-electron chi connectivity index (χ2n) is 31.2. The molecule has 39 nitrogen and oxygen atoms in total. The number of β-amino-alcohol motifs (C(OH)–C–C–N with tert-alkyl or cyclic N) is 1. The molecule has 0 radical (unpaired) electrons. The Morgan fingerprint density at radius 2 is 0.628 bits per heavy atom. The van der Waals surface area contributed by atoms with Crippen LogP contribution in [0.1, 0.15) is 167 Å². The maximum atomic E-state index is 14.1. The van der Waals surface area contributed by atoms with Crippen LogP contribution in [0.5, 0.6) is 0 Å². The van der Waals surface area contributed by atoms with Crippen molar-refractivity contribution in [1.29, 1.82) is 0 Å². The molecule has 4 saturated heterocycles. The average Bonchev–Trinajstić information content (AvgIpc) is 1.14. The van der Waals surface area contributed by atoms with Crippen LogP contribution < -0.4 is 54.4 Å². The molecule has 704 valence electrons. The van der Waals surface area contributed by atoms with Crippen molar-refractivity contribution < 1.29 is 133 Å². The van der Waals surface area contributed by atoms with Gasteiger partial charge in [0, 0.05) is 188 Å². The Bertz CT molecular complexity index is 2580. The van der Waals surface area contributed by atoms with Gasteiger partial charge in [-0.25, -0.2) is 0 Å². The highest BCUT2D eigenvalue weighted by Gasteiger charge is 2.49. The number of carbonyl (C=O) groups is 8. The van der Waals surface area contributed by atoms with E-state index in [1.165, 1.54) is 0 Å². The van der Waals surface area contributed by atoms with E-state index in [0.29, 0.717) is 130 Å². The van der Waals surface area contributed by atoms with Crippen LogP contribution in [0.15, 0.2) is 0 Å². The van der Waals surface area contributed by atoms with Gasteiger partial charge >= 0.3 is 0 Å². The highest BCUT2D eigenvalue weighted by atomic mass is 16.7. The van der Waals surface area contributed by atoms with Crippen LogP contribution in [-0.2, 0) is 128 Å². The predicted octanol–water partition coefficient (Wildman–Crippen LogP) is 0.185. The Morgan fingerprint density at radius 1 is 0.347 bits per heavy atom. The van der Waals surface area contributed by atoms with Crippen LogP contribution >= 0.6 is 0 Å². The first-order chi connectivity index (χ1) is 58.6. The fraction of sp³-hybridized carbons (Fsp3) is 0.902. The topological polar surface area (TPSA) is 498 Å². The number of nitrogens with two attached hydrogens (primary N) is 3. The van der Waals surface area contributed by atoms with E-state index in [9.17, 15) is 43.5 Å². The van der Waals surface area contributed by atoms with Gasteiger partial charge in [0.25, 0.3) is 0 Å². The summed E-state index contributed by atoms with van der Waals surface area (Å²) in [6, 6.07) is -1.93. The SMILES string of the molecule is COCC1OC(OCCCCC(=O)NCCCNC(=O)CCOCC(COCCC(=O)NCCCNC(=O)CCCCOC2OC(COC)C(OC)C(OC)C2N)(COCCC(=O)NCCCNC(=O)CCCCOC2OC(COC)C(OC)C(OC)C2N)NC(=O)CCCCCCCCCCC(=O)N2C[C@H](O)C[C@H]2COC)C(N)C(OC)C1OC.